The molecule has 0 saturated carbocycles. The number of hydrogen-bond acceptors (Lipinski definition) is 5. The molecule has 2 heterocycles. The van der Waals surface area contributed by atoms with Crippen LogP contribution in [0, 0.1) is 0 Å². The first-order chi connectivity index (χ1) is 14.4. The molecule has 0 aliphatic carbocycles. The minimum absolute atomic E-state index is 0.0627. The van der Waals surface area contributed by atoms with Gasteiger partial charge in [0.1, 0.15) is 17.7 Å². The van der Waals surface area contributed by atoms with Crippen LogP contribution >= 0.6 is 0 Å². The molecule has 154 valence electrons. The van der Waals surface area contributed by atoms with E-state index in [0.29, 0.717) is 11.0 Å². The molecular weight excluding hydrogens is 399 g/mol. The molecule has 0 radical (unpaired) electrons. The van der Waals surface area contributed by atoms with E-state index >= 15 is 0 Å². The number of hydrogen-bond donors (Lipinski definition) is 2. The van der Waals surface area contributed by atoms with Gasteiger partial charge in [-0.25, -0.2) is 4.68 Å². The lowest BCUT2D eigenvalue weighted by atomic mass is 10.2. The molecule has 2 aromatic carbocycles. The standard InChI is InChI=1S/C20H16F3N5O2/c21-20(22,23)15-8-4-5-9-16(15)30-11-10-24-19-26-17-14(18(29)27-19)12-25-28(17)13-6-2-1-3-7-13/h1-9,12H,10-11H2,(H2,24,26,27,29). The lowest BCUT2D eigenvalue weighted by Gasteiger charge is -2.14. The smallest absolute Gasteiger partial charge is 0.419 e. The van der Waals surface area contributed by atoms with E-state index < -0.39 is 11.7 Å². The third-order valence-electron chi connectivity index (χ3n) is 4.28. The maximum absolute atomic E-state index is 13.0. The molecule has 0 unspecified atom stereocenters. The summed E-state index contributed by atoms with van der Waals surface area (Å²) in [6.45, 7) is 0.0624. The third-order valence-corrected chi connectivity index (χ3v) is 4.28. The fourth-order valence-corrected chi connectivity index (χ4v) is 2.92. The van der Waals surface area contributed by atoms with Crippen LogP contribution in [0.3, 0.4) is 0 Å². The Kier molecular flexibility index (Phi) is 5.13. The second kappa shape index (κ2) is 7.90. The highest BCUT2D eigenvalue weighted by Crippen LogP contribution is 2.35. The van der Waals surface area contributed by atoms with Crippen LogP contribution in [-0.4, -0.2) is 32.9 Å². The summed E-state index contributed by atoms with van der Waals surface area (Å²) in [5.74, 6) is -0.0938. The van der Waals surface area contributed by atoms with Gasteiger partial charge in [-0.3, -0.25) is 9.78 Å². The number of ether oxygens (including phenoxy) is 1. The molecule has 2 N–H and O–H groups in total. The first-order valence-electron chi connectivity index (χ1n) is 9.00. The fraction of sp³-hybridized carbons (Fsp3) is 0.150. The highest BCUT2D eigenvalue weighted by Gasteiger charge is 2.33. The molecule has 0 aliphatic rings. The average molecular weight is 415 g/mol. The molecule has 10 heteroatoms. The lowest BCUT2D eigenvalue weighted by molar-refractivity contribution is -0.138. The Bertz CT molecular complexity index is 1220. The Morgan fingerprint density at radius 1 is 1.07 bits per heavy atom. The molecule has 30 heavy (non-hydrogen) atoms. The summed E-state index contributed by atoms with van der Waals surface area (Å²) in [4.78, 5) is 19.3. The highest BCUT2D eigenvalue weighted by molar-refractivity contribution is 5.76. The average Bonchev–Trinajstić information content (AvgIpc) is 3.16. The molecule has 0 bridgehead atoms. The van der Waals surface area contributed by atoms with Crippen molar-refractivity contribution >= 4 is 17.0 Å². The van der Waals surface area contributed by atoms with Crippen molar-refractivity contribution < 1.29 is 17.9 Å². The van der Waals surface area contributed by atoms with Crippen LogP contribution < -0.4 is 15.6 Å². The van der Waals surface area contributed by atoms with Crippen LogP contribution in [0.15, 0.2) is 65.6 Å². The summed E-state index contributed by atoms with van der Waals surface area (Å²) < 4.78 is 45.8. The zero-order valence-electron chi connectivity index (χ0n) is 15.5. The monoisotopic (exact) mass is 415 g/mol. The van der Waals surface area contributed by atoms with Gasteiger partial charge in [0.15, 0.2) is 5.65 Å². The van der Waals surface area contributed by atoms with Crippen molar-refractivity contribution in [2.75, 3.05) is 18.5 Å². The quantitative estimate of drug-likeness (QED) is 0.470. The molecule has 0 aliphatic heterocycles. The van der Waals surface area contributed by atoms with Crippen LogP contribution in [0.4, 0.5) is 19.1 Å². The number of aromatic nitrogens is 4. The molecular formula is C20H16F3N5O2. The molecule has 0 fully saturated rings. The summed E-state index contributed by atoms with van der Waals surface area (Å²) >= 11 is 0. The van der Waals surface area contributed by atoms with Gasteiger partial charge in [-0.15, -0.1) is 0 Å². The number of aromatic amines is 1. The summed E-state index contributed by atoms with van der Waals surface area (Å²) in [7, 11) is 0. The fourth-order valence-electron chi connectivity index (χ4n) is 2.92. The summed E-state index contributed by atoms with van der Waals surface area (Å²) in [6.07, 6.45) is -3.08. The van der Waals surface area contributed by atoms with Gasteiger partial charge in [-0.2, -0.15) is 23.3 Å². The SMILES string of the molecule is O=c1[nH]c(NCCOc2ccccc2C(F)(F)F)nc2c1cnn2-c1ccccc1. The molecule has 0 amide bonds. The zero-order valence-corrected chi connectivity index (χ0v) is 15.5. The summed E-state index contributed by atoms with van der Waals surface area (Å²) in [5, 5.41) is 7.39. The Morgan fingerprint density at radius 3 is 2.57 bits per heavy atom. The molecule has 4 rings (SSSR count). The van der Waals surface area contributed by atoms with E-state index in [-0.39, 0.29) is 30.4 Å². The molecule has 4 aromatic rings. The molecule has 7 nitrogen and oxygen atoms in total. The number of benzene rings is 2. The molecule has 0 atom stereocenters. The normalized spacial score (nSPS) is 11.6. The van der Waals surface area contributed by atoms with E-state index in [1.807, 2.05) is 30.3 Å². The minimum Gasteiger partial charge on any atom is -0.491 e. The predicted octanol–water partition coefficient (Wildman–Crippen LogP) is 3.62. The number of nitrogens with one attached hydrogen (secondary N) is 2. The summed E-state index contributed by atoms with van der Waals surface area (Å²) in [6, 6.07) is 14.2. The maximum atomic E-state index is 13.0. The largest absolute Gasteiger partial charge is 0.491 e. The number of fused-ring (bicyclic) bond motifs is 1. The number of nitrogens with zero attached hydrogens (tertiary/aromatic N) is 3. The predicted molar refractivity (Wildman–Crippen MR) is 105 cm³/mol. The van der Waals surface area contributed by atoms with Gasteiger partial charge < -0.3 is 10.1 Å². The van der Waals surface area contributed by atoms with E-state index in [2.05, 4.69) is 20.4 Å². The number of rotatable bonds is 6. The van der Waals surface area contributed by atoms with Crippen molar-refractivity contribution in [1.29, 1.82) is 0 Å². The van der Waals surface area contributed by atoms with Gasteiger partial charge in [-0.05, 0) is 24.3 Å². The van der Waals surface area contributed by atoms with Crippen LogP contribution in [-0.2, 0) is 6.18 Å². The minimum atomic E-state index is -4.50. The lowest BCUT2D eigenvalue weighted by Crippen LogP contribution is -2.18. The number of H-pyrrole nitrogens is 1. The first kappa shape index (κ1) is 19.5. The third kappa shape index (κ3) is 3.97. The van der Waals surface area contributed by atoms with Gasteiger partial charge in [0, 0.05) is 0 Å². The van der Waals surface area contributed by atoms with Gasteiger partial charge in [0.05, 0.1) is 24.0 Å². The first-order valence-corrected chi connectivity index (χ1v) is 9.00. The van der Waals surface area contributed by atoms with Crippen molar-refractivity contribution in [3.63, 3.8) is 0 Å². The second-order valence-electron chi connectivity index (χ2n) is 6.31. The summed E-state index contributed by atoms with van der Waals surface area (Å²) in [5.41, 5.74) is -0.128. The van der Waals surface area contributed by atoms with Crippen LogP contribution in [0.25, 0.3) is 16.7 Å². The van der Waals surface area contributed by atoms with Crippen molar-refractivity contribution in [1.82, 2.24) is 19.7 Å². The Labute approximate surface area is 168 Å². The second-order valence-corrected chi connectivity index (χ2v) is 6.31. The number of halogens is 3. The molecule has 0 spiro atoms. The van der Waals surface area contributed by atoms with E-state index in [9.17, 15) is 18.0 Å². The van der Waals surface area contributed by atoms with E-state index in [0.717, 1.165) is 11.8 Å². The number of alkyl halides is 3. The Hall–Kier alpha value is -3.82. The molecule has 2 aromatic heterocycles. The van der Waals surface area contributed by atoms with Crippen molar-refractivity contribution in [2.45, 2.75) is 6.18 Å². The van der Waals surface area contributed by atoms with Gasteiger partial charge in [0.2, 0.25) is 5.95 Å². The Balaban J connectivity index is 1.49. The number of para-hydroxylation sites is 2. The number of anilines is 1. The molecule has 0 saturated heterocycles. The van der Waals surface area contributed by atoms with E-state index in [1.165, 1.54) is 29.1 Å². The van der Waals surface area contributed by atoms with E-state index in [1.54, 1.807) is 0 Å². The van der Waals surface area contributed by atoms with Crippen LogP contribution in [0.5, 0.6) is 5.75 Å². The van der Waals surface area contributed by atoms with Crippen LogP contribution in [0.2, 0.25) is 0 Å². The van der Waals surface area contributed by atoms with Crippen molar-refractivity contribution in [3.8, 4) is 11.4 Å². The van der Waals surface area contributed by atoms with Crippen molar-refractivity contribution in [3.05, 3.63) is 76.7 Å². The van der Waals surface area contributed by atoms with Gasteiger partial charge in [0.25, 0.3) is 5.56 Å². The van der Waals surface area contributed by atoms with Gasteiger partial charge >= 0.3 is 6.18 Å². The highest BCUT2D eigenvalue weighted by atomic mass is 19.4. The van der Waals surface area contributed by atoms with Gasteiger partial charge in [-0.1, -0.05) is 30.3 Å². The maximum Gasteiger partial charge on any atom is 0.419 e. The van der Waals surface area contributed by atoms with Crippen LogP contribution in [0.1, 0.15) is 5.56 Å². The Morgan fingerprint density at radius 2 is 1.80 bits per heavy atom. The topological polar surface area (TPSA) is 84.8 Å². The zero-order chi connectivity index (χ0) is 21.1. The van der Waals surface area contributed by atoms with Crippen molar-refractivity contribution in [2.24, 2.45) is 0 Å². The van der Waals surface area contributed by atoms with E-state index in [4.69, 9.17) is 4.74 Å².